The number of hydrogen-bond donors (Lipinski definition) is 2. The number of rotatable bonds is 1. The molecule has 0 bridgehead atoms. The van der Waals surface area contributed by atoms with Gasteiger partial charge in [-0.25, -0.2) is 4.79 Å². The number of benzene rings is 1. The van der Waals surface area contributed by atoms with Gasteiger partial charge in [0.1, 0.15) is 5.72 Å². The van der Waals surface area contributed by atoms with Crippen molar-refractivity contribution < 1.29 is 9.90 Å². The molecule has 1 aliphatic heterocycles. The third-order valence-electron chi connectivity index (χ3n) is 2.76. The Labute approximate surface area is 94.9 Å². The van der Waals surface area contributed by atoms with Gasteiger partial charge in [-0.05, 0) is 26.0 Å². The maximum Gasteiger partial charge on any atom is 0.324 e. The molecule has 0 saturated carbocycles. The van der Waals surface area contributed by atoms with E-state index < -0.39 is 5.72 Å². The Balaban J connectivity index is 2.35. The van der Waals surface area contributed by atoms with E-state index in [-0.39, 0.29) is 12.1 Å². The van der Waals surface area contributed by atoms with E-state index in [1.807, 2.05) is 37.3 Å². The van der Waals surface area contributed by atoms with Crippen molar-refractivity contribution in [2.24, 2.45) is 0 Å². The number of nitrogens with zero attached hydrogens (tertiary/aromatic N) is 1. The quantitative estimate of drug-likeness (QED) is 0.757. The summed E-state index contributed by atoms with van der Waals surface area (Å²) in [6.07, 6.45) is 0.508. The number of urea groups is 1. The Hall–Kier alpha value is -1.55. The normalized spacial score (nSPS) is 30.1. The number of hydrogen-bond acceptors (Lipinski definition) is 2. The van der Waals surface area contributed by atoms with Crippen LogP contribution in [0.25, 0.3) is 0 Å². The van der Waals surface area contributed by atoms with Gasteiger partial charge < -0.3 is 10.4 Å². The van der Waals surface area contributed by atoms with Crippen LogP contribution in [-0.2, 0) is 0 Å². The Morgan fingerprint density at radius 3 is 2.62 bits per heavy atom. The highest BCUT2D eigenvalue weighted by molar-refractivity contribution is 5.94. The molecule has 4 nitrogen and oxygen atoms in total. The average Bonchev–Trinajstić information content (AvgIpc) is 2.15. The van der Waals surface area contributed by atoms with Gasteiger partial charge >= 0.3 is 6.03 Å². The van der Waals surface area contributed by atoms with Crippen LogP contribution in [0.15, 0.2) is 30.3 Å². The Kier molecular flexibility index (Phi) is 2.59. The molecule has 1 saturated heterocycles. The van der Waals surface area contributed by atoms with Crippen LogP contribution < -0.4 is 10.2 Å². The van der Waals surface area contributed by atoms with Gasteiger partial charge in [-0.3, -0.25) is 4.90 Å². The van der Waals surface area contributed by atoms with Crippen molar-refractivity contribution in [3.63, 3.8) is 0 Å². The molecule has 2 rings (SSSR count). The van der Waals surface area contributed by atoms with Crippen LogP contribution in [0, 0.1) is 0 Å². The fourth-order valence-electron chi connectivity index (χ4n) is 2.19. The van der Waals surface area contributed by atoms with Gasteiger partial charge in [-0.15, -0.1) is 0 Å². The molecule has 2 unspecified atom stereocenters. The van der Waals surface area contributed by atoms with Gasteiger partial charge in [0, 0.05) is 18.2 Å². The van der Waals surface area contributed by atoms with Crippen molar-refractivity contribution >= 4 is 11.7 Å². The topological polar surface area (TPSA) is 52.6 Å². The Morgan fingerprint density at radius 1 is 1.44 bits per heavy atom. The molecule has 0 aromatic heterocycles. The molecule has 0 spiro atoms. The predicted octanol–water partition coefficient (Wildman–Crippen LogP) is 1.70. The molecule has 1 aromatic carbocycles. The van der Waals surface area contributed by atoms with Crippen LogP contribution >= 0.6 is 0 Å². The van der Waals surface area contributed by atoms with E-state index in [0.717, 1.165) is 0 Å². The monoisotopic (exact) mass is 220 g/mol. The second kappa shape index (κ2) is 3.79. The highest BCUT2D eigenvalue weighted by Gasteiger charge is 2.40. The molecule has 2 amide bonds. The van der Waals surface area contributed by atoms with Gasteiger partial charge in [-0.1, -0.05) is 18.2 Å². The number of aliphatic hydroxyl groups is 1. The molecule has 0 radical (unpaired) electrons. The predicted molar refractivity (Wildman–Crippen MR) is 62.2 cm³/mol. The fraction of sp³-hybridized carbons (Fsp3) is 0.417. The van der Waals surface area contributed by atoms with Crippen LogP contribution in [-0.4, -0.2) is 22.9 Å². The zero-order valence-corrected chi connectivity index (χ0v) is 9.47. The summed E-state index contributed by atoms with van der Waals surface area (Å²) in [7, 11) is 0. The zero-order valence-electron chi connectivity index (χ0n) is 9.47. The largest absolute Gasteiger partial charge is 0.371 e. The van der Waals surface area contributed by atoms with E-state index >= 15 is 0 Å². The van der Waals surface area contributed by atoms with E-state index in [9.17, 15) is 9.90 Å². The van der Waals surface area contributed by atoms with E-state index in [1.54, 1.807) is 6.92 Å². The van der Waals surface area contributed by atoms with Gasteiger partial charge in [0.2, 0.25) is 0 Å². The summed E-state index contributed by atoms with van der Waals surface area (Å²) < 4.78 is 0. The van der Waals surface area contributed by atoms with Gasteiger partial charge in [0.25, 0.3) is 0 Å². The SMILES string of the molecule is CC1CC(C)(O)N(c2ccccc2)C(=O)N1. The molecular weight excluding hydrogens is 204 g/mol. The second-order valence-corrected chi connectivity index (χ2v) is 4.44. The lowest BCUT2D eigenvalue weighted by Crippen LogP contribution is -2.62. The molecule has 2 N–H and O–H groups in total. The first-order valence-corrected chi connectivity index (χ1v) is 5.39. The minimum atomic E-state index is -1.14. The summed E-state index contributed by atoms with van der Waals surface area (Å²) in [4.78, 5) is 13.3. The maximum absolute atomic E-state index is 11.9. The van der Waals surface area contributed by atoms with E-state index in [4.69, 9.17) is 0 Å². The minimum absolute atomic E-state index is 0.0116. The summed E-state index contributed by atoms with van der Waals surface area (Å²) in [6, 6.07) is 8.92. The standard InChI is InChI=1S/C12H16N2O2/c1-9-8-12(2,16)14(11(15)13-9)10-6-4-3-5-7-10/h3-7,9,16H,8H2,1-2H3,(H,13,15). The number of carbonyl (C=O) groups excluding carboxylic acids is 1. The third-order valence-corrected chi connectivity index (χ3v) is 2.76. The van der Waals surface area contributed by atoms with Gasteiger partial charge in [0.15, 0.2) is 0 Å². The van der Waals surface area contributed by atoms with Crippen molar-refractivity contribution in [2.45, 2.75) is 32.0 Å². The average molecular weight is 220 g/mol. The number of carbonyl (C=O) groups is 1. The van der Waals surface area contributed by atoms with Gasteiger partial charge in [-0.2, -0.15) is 0 Å². The first kappa shape index (κ1) is 11.0. The first-order chi connectivity index (χ1) is 7.50. The highest BCUT2D eigenvalue weighted by Crippen LogP contribution is 2.28. The summed E-state index contributed by atoms with van der Waals surface area (Å²) >= 11 is 0. The molecule has 86 valence electrons. The zero-order chi connectivity index (χ0) is 11.8. The van der Waals surface area contributed by atoms with Crippen LogP contribution in [0.3, 0.4) is 0 Å². The molecule has 1 fully saturated rings. The number of para-hydroxylation sites is 1. The molecule has 4 heteroatoms. The minimum Gasteiger partial charge on any atom is -0.371 e. The summed E-state index contributed by atoms with van der Waals surface area (Å²) in [5.41, 5.74) is -0.430. The Morgan fingerprint density at radius 2 is 2.06 bits per heavy atom. The van der Waals surface area contributed by atoms with E-state index in [0.29, 0.717) is 12.1 Å². The lowest BCUT2D eigenvalue weighted by Gasteiger charge is -2.43. The molecule has 1 heterocycles. The fourth-order valence-corrected chi connectivity index (χ4v) is 2.19. The van der Waals surface area contributed by atoms with Crippen molar-refractivity contribution in [1.82, 2.24) is 5.32 Å². The van der Waals surface area contributed by atoms with E-state index in [1.165, 1.54) is 4.90 Å². The highest BCUT2D eigenvalue weighted by atomic mass is 16.3. The number of nitrogens with one attached hydrogen (secondary N) is 1. The van der Waals surface area contributed by atoms with Crippen molar-refractivity contribution in [1.29, 1.82) is 0 Å². The summed E-state index contributed by atoms with van der Waals surface area (Å²) in [5.74, 6) is 0. The lowest BCUT2D eigenvalue weighted by molar-refractivity contribution is 0.0344. The lowest BCUT2D eigenvalue weighted by atomic mass is 10.0. The summed E-state index contributed by atoms with van der Waals surface area (Å²) in [5, 5.41) is 13.1. The first-order valence-electron chi connectivity index (χ1n) is 5.39. The third kappa shape index (κ3) is 1.88. The van der Waals surface area contributed by atoms with Crippen molar-refractivity contribution in [2.75, 3.05) is 4.90 Å². The maximum atomic E-state index is 11.9. The number of anilines is 1. The Bertz CT molecular complexity index is 389. The molecule has 1 aromatic rings. The van der Waals surface area contributed by atoms with Crippen LogP contribution in [0.2, 0.25) is 0 Å². The van der Waals surface area contributed by atoms with Crippen molar-refractivity contribution in [3.05, 3.63) is 30.3 Å². The molecule has 2 atom stereocenters. The van der Waals surface area contributed by atoms with Crippen LogP contribution in [0.5, 0.6) is 0 Å². The molecule has 1 aliphatic rings. The van der Waals surface area contributed by atoms with E-state index in [2.05, 4.69) is 5.32 Å². The van der Waals surface area contributed by atoms with Crippen molar-refractivity contribution in [3.8, 4) is 0 Å². The smallest absolute Gasteiger partial charge is 0.324 e. The van der Waals surface area contributed by atoms with Crippen LogP contribution in [0.1, 0.15) is 20.3 Å². The molecule has 0 aliphatic carbocycles. The molecule has 16 heavy (non-hydrogen) atoms. The van der Waals surface area contributed by atoms with Crippen LogP contribution in [0.4, 0.5) is 10.5 Å². The molecular formula is C12H16N2O2. The summed E-state index contributed by atoms with van der Waals surface area (Å²) in [6.45, 7) is 3.55. The number of amides is 2. The second-order valence-electron chi connectivity index (χ2n) is 4.44. The van der Waals surface area contributed by atoms with Gasteiger partial charge in [0.05, 0.1) is 0 Å².